The molecule has 0 aromatic rings. The van der Waals surface area contributed by atoms with Crippen molar-refractivity contribution >= 4 is 74.4 Å². The van der Waals surface area contributed by atoms with E-state index < -0.39 is 47.9 Å². The van der Waals surface area contributed by atoms with Crippen molar-refractivity contribution in [3.63, 3.8) is 0 Å². The van der Waals surface area contributed by atoms with E-state index >= 15 is 0 Å². The molecule has 4 unspecified atom stereocenters. The second-order valence-corrected chi connectivity index (χ2v) is 15.5. The lowest BCUT2D eigenvalue weighted by Crippen LogP contribution is -2.46. The zero-order valence-electron chi connectivity index (χ0n) is 27.0. The Morgan fingerprint density at radius 3 is 0.889 bits per heavy atom. The minimum absolute atomic E-state index is 0.0175. The van der Waals surface area contributed by atoms with Gasteiger partial charge in [-0.1, -0.05) is 27.7 Å². The molecule has 11 nitrogen and oxygen atoms in total. The van der Waals surface area contributed by atoms with Gasteiger partial charge in [-0.15, -0.1) is 0 Å². The first kappa shape index (κ1) is 44.2. The number of esters is 4. The highest BCUT2D eigenvalue weighted by atomic mass is 32.1. The van der Waals surface area contributed by atoms with Crippen LogP contribution in [0.5, 0.6) is 0 Å². The zero-order valence-corrected chi connectivity index (χ0v) is 30.6. The molecule has 0 radical (unpaired) electrons. The Bertz CT molecular complexity index is 745. The molecule has 15 heteroatoms. The molecule has 0 bridgehead atoms. The lowest BCUT2D eigenvalue weighted by atomic mass is 9.90. The summed E-state index contributed by atoms with van der Waals surface area (Å²) >= 11 is 17.1. The molecule has 0 aliphatic carbocycles. The SMILES string of the molecule is CC(S)CCC(=O)OCC(CO)(COCC(CO)(COC(=O)CCC(C)S)COC(=O)CCC(C)S)COC(=O)CCC(C)S. The number of ether oxygens (including phenoxy) is 5. The van der Waals surface area contributed by atoms with Crippen molar-refractivity contribution in [3.05, 3.63) is 0 Å². The van der Waals surface area contributed by atoms with Gasteiger partial charge >= 0.3 is 23.9 Å². The number of aliphatic hydroxyl groups is 2. The van der Waals surface area contributed by atoms with E-state index in [9.17, 15) is 29.4 Å². The van der Waals surface area contributed by atoms with E-state index in [4.69, 9.17) is 23.7 Å². The summed E-state index contributed by atoms with van der Waals surface area (Å²) < 4.78 is 27.6. The molecule has 4 atom stereocenters. The number of hydrogen-bond donors (Lipinski definition) is 6. The van der Waals surface area contributed by atoms with Gasteiger partial charge in [-0.2, -0.15) is 50.5 Å². The normalized spacial score (nSPS) is 16.8. The van der Waals surface area contributed by atoms with E-state index in [2.05, 4.69) is 50.5 Å². The lowest BCUT2D eigenvalue weighted by Gasteiger charge is -2.34. The van der Waals surface area contributed by atoms with Crippen LogP contribution in [0.2, 0.25) is 0 Å². The molecule has 0 amide bonds. The number of aliphatic hydroxyl groups excluding tert-OH is 2. The third-order valence-electron chi connectivity index (χ3n) is 6.71. The summed E-state index contributed by atoms with van der Waals surface area (Å²) in [6, 6.07) is 0. The number of carbonyl (C=O) groups excluding carboxylic acids is 4. The van der Waals surface area contributed by atoms with Gasteiger partial charge in [-0.05, 0) is 46.7 Å². The van der Waals surface area contributed by atoms with E-state index in [1.165, 1.54) is 0 Å². The Balaban J connectivity index is 5.76. The molecular formula is C30H54O11S4. The van der Waals surface area contributed by atoms with Gasteiger partial charge in [-0.3, -0.25) is 19.2 Å². The molecule has 264 valence electrons. The number of thiol groups is 4. The fourth-order valence-electron chi connectivity index (χ4n) is 3.54. The Morgan fingerprint density at radius 2 is 0.711 bits per heavy atom. The maximum Gasteiger partial charge on any atom is 0.305 e. The third kappa shape index (κ3) is 22.4. The van der Waals surface area contributed by atoms with Crippen molar-refractivity contribution in [3.8, 4) is 0 Å². The molecule has 0 aliphatic rings. The number of hydrogen-bond acceptors (Lipinski definition) is 15. The highest BCUT2D eigenvalue weighted by Crippen LogP contribution is 2.25. The first-order valence-electron chi connectivity index (χ1n) is 15.2. The van der Waals surface area contributed by atoms with Crippen LogP contribution < -0.4 is 0 Å². The van der Waals surface area contributed by atoms with Crippen LogP contribution in [0, 0.1) is 10.8 Å². The highest BCUT2D eigenvalue weighted by Gasteiger charge is 2.38. The van der Waals surface area contributed by atoms with Crippen molar-refractivity contribution in [2.45, 2.75) is 100 Å². The predicted molar refractivity (Wildman–Crippen MR) is 184 cm³/mol. The fraction of sp³-hybridized carbons (Fsp3) is 0.867. The number of carbonyl (C=O) groups is 4. The molecule has 0 heterocycles. The van der Waals surface area contributed by atoms with Crippen LogP contribution in [0.15, 0.2) is 0 Å². The number of rotatable bonds is 26. The van der Waals surface area contributed by atoms with Crippen LogP contribution in [0.1, 0.15) is 79.1 Å². The van der Waals surface area contributed by atoms with E-state index in [-0.39, 0.29) is 86.3 Å². The standard InChI is InChI=1S/C30H54O11S4/c1-21(42)5-9-25(33)38-17-29(13-31,18-39-26(34)10-6-22(2)43)15-37-16-30(14-32,19-40-27(35)11-7-23(3)44)20-41-28(36)12-8-24(4)45/h21-24,31-32,42-45H,5-20H2,1-4H3. The second kappa shape index (κ2) is 24.3. The van der Waals surface area contributed by atoms with Crippen LogP contribution >= 0.6 is 50.5 Å². The molecule has 0 saturated heterocycles. The second-order valence-electron chi connectivity index (χ2n) is 12.0. The first-order valence-corrected chi connectivity index (χ1v) is 17.3. The highest BCUT2D eigenvalue weighted by molar-refractivity contribution is 7.81. The van der Waals surface area contributed by atoms with Gasteiger partial charge in [-0.25, -0.2) is 0 Å². The minimum Gasteiger partial charge on any atom is -0.465 e. The molecule has 45 heavy (non-hydrogen) atoms. The molecule has 0 fully saturated rings. The van der Waals surface area contributed by atoms with Crippen molar-refractivity contribution in [1.29, 1.82) is 0 Å². The quantitative estimate of drug-likeness (QED) is 0.0443. The molecule has 0 saturated carbocycles. The van der Waals surface area contributed by atoms with E-state index in [0.29, 0.717) is 25.7 Å². The molecule has 0 spiro atoms. The van der Waals surface area contributed by atoms with E-state index in [1.54, 1.807) is 0 Å². The third-order valence-corrected chi connectivity index (χ3v) is 7.74. The molecular weight excluding hydrogens is 665 g/mol. The van der Waals surface area contributed by atoms with E-state index in [0.717, 1.165) is 0 Å². The largest absolute Gasteiger partial charge is 0.465 e. The van der Waals surface area contributed by atoms with Gasteiger partial charge in [0.15, 0.2) is 0 Å². The topological polar surface area (TPSA) is 155 Å². The summed E-state index contributed by atoms with van der Waals surface area (Å²) in [5.74, 6) is -2.06. The molecule has 0 aromatic heterocycles. The van der Waals surface area contributed by atoms with Crippen LogP contribution in [0.4, 0.5) is 0 Å². The molecule has 0 rings (SSSR count). The van der Waals surface area contributed by atoms with Gasteiger partial charge in [0.05, 0.1) is 37.3 Å². The Hall–Kier alpha value is -0.840. The fourth-order valence-corrected chi connectivity index (χ4v) is 4.05. The van der Waals surface area contributed by atoms with Crippen LogP contribution in [-0.2, 0) is 42.9 Å². The van der Waals surface area contributed by atoms with Crippen LogP contribution in [0.25, 0.3) is 0 Å². The summed E-state index contributed by atoms with van der Waals surface area (Å²) in [4.78, 5) is 49.4. The molecule has 2 N–H and O–H groups in total. The van der Waals surface area contributed by atoms with Gasteiger partial charge in [0.2, 0.25) is 0 Å². The summed E-state index contributed by atoms with van der Waals surface area (Å²) in [5, 5.41) is 20.7. The van der Waals surface area contributed by atoms with Gasteiger partial charge in [0, 0.05) is 25.7 Å². The summed E-state index contributed by atoms with van der Waals surface area (Å²) in [6.07, 6.45) is 2.36. The van der Waals surface area contributed by atoms with Gasteiger partial charge in [0.1, 0.15) is 26.4 Å². The summed E-state index contributed by atoms with van der Waals surface area (Å²) in [5.41, 5.74) is -2.69. The van der Waals surface area contributed by atoms with Crippen molar-refractivity contribution in [2.24, 2.45) is 10.8 Å². The van der Waals surface area contributed by atoms with Crippen molar-refractivity contribution in [1.82, 2.24) is 0 Å². The average molecular weight is 719 g/mol. The maximum atomic E-state index is 12.4. The Kier molecular flexibility index (Phi) is 23.9. The smallest absolute Gasteiger partial charge is 0.305 e. The Labute approximate surface area is 290 Å². The van der Waals surface area contributed by atoms with Gasteiger partial charge < -0.3 is 33.9 Å². The maximum absolute atomic E-state index is 12.4. The lowest BCUT2D eigenvalue weighted by molar-refractivity contribution is -0.168. The Morgan fingerprint density at radius 1 is 0.489 bits per heavy atom. The molecule has 0 aromatic carbocycles. The summed E-state index contributed by atoms with van der Waals surface area (Å²) in [7, 11) is 0. The summed E-state index contributed by atoms with van der Waals surface area (Å²) in [6.45, 7) is 4.42. The molecule has 0 aliphatic heterocycles. The minimum atomic E-state index is -1.34. The average Bonchev–Trinajstić information content (AvgIpc) is 2.99. The zero-order chi connectivity index (χ0) is 34.5. The predicted octanol–water partition coefficient (Wildman–Crippen LogP) is 3.53. The monoisotopic (exact) mass is 718 g/mol. The van der Waals surface area contributed by atoms with Gasteiger partial charge in [0.25, 0.3) is 0 Å². The van der Waals surface area contributed by atoms with Crippen molar-refractivity contribution in [2.75, 3.05) is 52.9 Å². The van der Waals surface area contributed by atoms with Crippen LogP contribution in [0.3, 0.4) is 0 Å². The van der Waals surface area contributed by atoms with Crippen LogP contribution in [-0.4, -0.2) is 108 Å². The van der Waals surface area contributed by atoms with Crippen molar-refractivity contribution < 1.29 is 53.1 Å². The first-order chi connectivity index (χ1) is 21.1. The van der Waals surface area contributed by atoms with E-state index in [1.807, 2.05) is 27.7 Å².